The van der Waals surface area contributed by atoms with Gasteiger partial charge in [0.25, 0.3) is 0 Å². The van der Waals surface area contributed by atoms with Gasteiger partial charge in [-0.25, -0.2) is 14.2 Å². The van der Waals surface area contributed by atoms with Gasteiger partial charge in [-0.05, 0) is 49.9 Å². The lowest BCUT2D eigenvalue weighted by Gasteiger charge is -2.19. The minimum atomic E-state index is -0.421. The Morgan fingerprint density at radius 1 is 1.44 bits per heavy atom. The zero-order chi connectivity index (χ0) is 19.1. The second-order valence-electron chi connectivity index (χ2n) is 6.75. The fourth-order valence-electron chi connectivity index (χ4n) is 3.84. The Kier molecular flexibility index (Phi) is 4.30. The number of nitrogens with one attached hydrogen (secondary N) is 1. The fraction of sp³-hybridized carbons (Fsp3) is 0.350. The lowest BCUT2D eigenvalue weighted by Crippen LogP contribution is -2.14. The van der Waals surface area contributed by atoms with Crippen molar-refractivity contribution in [2.75, 3.05) is 11.9 Å². The number of rotatable bonds is 4. The molecule has 0 fully saturated rings. The Morgan fingerprint density at radius 3 is 3.04 bits per heavy atom. The lowest BCUT2D eigenvalue weighted by atomic mass is 10.1. The summed E-state index contributed by atoms with van der Waals surface area (Å²) in [6.45, 7) is 3.95. The van der Waals surface area contributed by atoms with Crippen molar-refractivity contribution in [2.24, 2.45) is 7.05 Å². The number of carbonyl (C=O) groups is 1. The summed E-state index contributed by atoms with van der Waals surface area (Å²) in [5.74, 6) is -0.647. The highest BCUT2D eigenvalue weighted by atomic mass is 19.1. The maximum atomic E-state index is 13.5. The van der Waals surface area contributed by atoms with E-state index in [1.54, 1.807) is 17.7 Å². The molecule has 0 saturated heterocycles. The molecule has 0 saturated carbocycles. The van der Waals surface area contributed by atoms with Crippen LogP contribution in [0.2, 0.25) is 0 Å². The Labute approximate surface area is 156 Å². The molecule has 27 heavy (non-hydrogen) atoms. The molecule has 0 spiro atoms. The summed E-state index contributed by atoms with van der Waals surface area (Å²) in [4.78, 5) is 16.9. The zero-order valence-electron chi connectivity index (χ0n) is 15.5. The molecule has 1 aliphatic carbocycles. The van der Waals surface area contributed by atoms with Gasteiger partial charge in [-0.15, -0.1) is 0 Å². The second kappa shape index (κ2) is 6.64. The van der Waals surface area contributed by atoms with Crippen molar-refractivity contribution < 1.29 is 13.9 Å². The number of nitrogens with zero attached hydrogens (tertiary/aromatic N) is 3. The van der Waals surface area contributed by atoms with Crippen LogP contribution in [0.5, 0.6) is 0 Å². The topological polar surface area (TPSA) is 69.0 Å². The average molecular weight is 368 g/mol. The predicted molar refractivity (Wildman–Crippen MR) is 100 cm³/mol. The zero-order valence-corrected chi connectivity index (χ0v) is 15.5. The minimum absolute atomic E-state index is 0.0148. The number of hydrogen-bond acceptors (Lipinski definition) is 5. The van der Waals surface area contributed by atoms with Crippen LogP contribution < -0.4 is 5.32 Å². The summed E-state index contributed by atoms with van der Waals surface area (Å²) < 4.78 is 20.4. The molecule has 0 bridgehead atoms. The Morgan fingerprint density at radius 2 is 2.26 bits per heavy atom. The van der Waals surface area contributed by atoms with Crippen molar-refractivity contribution in [1.82, 2.24) is 14.8 Å². The van der Waals surface area contributed by atoms with E-state index < -0.39 is 5.97 Å². The number of fused-ring (bicyclic) bond motifs is 2. The van der Waals surface area contributed by atoms with E-state index in [1.807, 2.05) is 20.0 Å². The number of esters is 1. The number of halogens is 1. The van der Waals surface area contributed by atoms with Gasteiger partial charge in [0.05, 0.1) is 29.4 Å². The van der Waals surface area contributed by atoms with Gasteiger partial charge >= 0.3 is 5.97 Å². The summed E-state index contributed by atoms with van der Waals surface area (Å²) >= 11 is 0. The van der Waals surface area contributed by atoms with Crippen LogP contribution in [0.4, 0.5) is 10.1 Å². The maximum absolute atomic E-state index is 13.5. The van der Waals surface area contributed by atoms with Gasteiger partial charge in [-0.3, -0.25) is 4.68 Å². The minimum Gasteiger partial charge on any atom is -0.462 e. The Hall–Kier alpha value is -2.96. The molecule has 1 aliphatic rings. The normalized spacial score (nSPS) is 15.8. The summed E-state index contributed by atoms with van der Waals surface area (Å²) in [5.41, 5.74) is 4.59. The molecule has 1 atom stereocenters. The molecule has 140 valence electrons. The maximum Gasteiger partial charge on any atom is 0.341 e. The van der Waals surface area contributed by atoms with E-state index in [0.29, 0.717) is 16.9 Å². The van der Waals surface area contributed by atoms with Gasteiger partial charge in [0.1, 0.15) is 11.4 Å². The molecule has 0 radical (unpaired) electrons. The van der Waals surface area contributed by atoms with Crippen LogP contribution >= 0.6 is 0 Å². The largest absolute Gasteiger partial charge is 0.462 e. The van der Waals surface area contributed by atoms with E-state index in [0.717, 1.165) is 35.0 Å². The highest BCUT2D eigenvalue weighted by molar-refractivity contribution is 6.05. The molecule has 7 heteroatoms. The second-order valence-corrected chi connectivity index (χ2v) is 6.75. The molecule has 6 nitrogen and oxygen atoms in total. The molecule has 0 aliphatic heterocycles. The van der Waals surface area contributed by atoms with E-state index in [9.17, 15) is 9.18 Å². The number of carbonyl (C=O) groups excluding carboxylic acids is 1. The first kappa shape index (κ1) is 17.5. The number of anilines is 1. The van der Waals surface area contributed by atoms with Crippen molar-refractivity contribution in [3.05, 3.63) is 52.6 Å². The van der Waals surface area contributed by atoms with Crippen molar-refractivity contribution in [1.29, 1.82) is 0 Å². The highest BCUT2D eigenvalue weighted by Gasteiger charge is 2.27. The first-order chi connectivity index (χ1) is 13.0. The molecular weight excluding hydrogens is 347 g/mol. The number of aryl methyl sites for hydroxylation is 3. The average Bonchev–Trinajstić information content (AvgIpc) is 3.16. The van der Waals surface area contributed by atoms with Gasteiger partial charge < -0.3 is 10.1 Å². The van der Waals surface area contributed by atoms with Gasteiger partial charge in [-0.2, -0.15) is 5.10 Å². The van der Waals surface area contributed by atoms with Crippen molar-refractivity contribution >= 4 is 22.7 Å². The Balaban J connectivity index is 1.83. The first-order valence-corrected chi connectivity index (χ1v) is 9.04. The number of benzene rings is 1. The van der Waals surface area contributed by atoms with E-state index >= 15 is 0 Å². The molecule has 0 amide bonds. The molecule has 1 N–H and O–H groups in total. The molecular formula is C20H21FN4O2. The molecule has 2 aromatic heterocycles. The van der Waals surface area contributed by atoms with E-state index in [-0.39, 0.29) is 18.5 Å². The van der Waals surface area contributed by atoms with Crippen molar-refractivity contribution in [2.45, 2.75) is 32.7 Å². The van der Waals surface area contributed by atoms with Crippen LogP contribution in [0, 0.1) is 12.7 Å². The summed E-state index contributed by atoms with van der Waals surface area (Å²) in [6, 6.07) is 4.86. The fourth-order valence-corrected chi connectivity index (χ4v) is 3.84. The molecule has 4 rings (SSSR count). The molecule has 1 aromatic carbocycles. The third-order valence-corrected chi connectivity index (χ3v) is 5.02. The van der Waals surface area contributed by atoms with E-state index in [4.69, 9.17) is 4.74 Å². The van der Waals surface area contributed by atoms with E-state index in [1.165, 1.54) is 12.3 Å². The van der Waals surface area contributed by atoms with Crippen molar-refractivity contribution in [3.63, 3.8) is 0 Å². The summed E-state index contributed by atoms with van der Waals surface area (Å²) in [7, 11) is 1.82. The van der Waals surface area contributed by atoms with Crippen molar-refractivity contribution in [3.8, 4) is 0 Å². The van der Waals surface area contributed by atoms with Crippen LogP contribution in [-0.2, 0) is 18.2 Å². The van der Waals surface area contributed by atoms with Gasteiger partial charge in [0.2, 0.25) is 0 Å². The van der Waals surface area contributed by atoms with Crippen LogP contribution in [0.3, 0.4) is 0 Å². The molecule has 2 heterocycles. The SMILES string of the molecule is CCOC(=O)c1cnc2c(c(C)nn2C)c1NC1CCc2cc(F)ccc21. The third kappa shape index (κ3) is 2.93. The number of aromatic nitrogens is 3. The standard InChI is InChI=1S/C20H21FN4O2/c1-4-27-20(26)15-10-22-19-17(11(2)24-25(19)3)18(15)23-16-8-5-12-9-13(21)6-7-14(12)16/h6-7,9-10,16H,4-5,8H2,1-3H3,(H,22,23). The number of ether oxygens (including phenoxy) is 1. The summed E-state index contributed by atoms with van der Waals surface area (Å²) in [6.07, 6.45) is 3.15. The Bertz CT molecular complexity index is 1040. The molecule has 3 aromatic rings. The van der Waals surface area contributed by atoms with Crippen LogP contribution in [0.25, 0.3) is 11.0 Å². The summed E-state index contributed by atoms with van der Waals surface area (Å²) in [5, 5.41) is 8.75. The number of hydrogen-bond donors (Lipinski definition) is 1. The first-order valence-electron chi connectivity index (χ1n) is 9.04. The third-order valence-electron chi connectivity index (χ3n) is 5.02. The highest BCUT2D eigenvalue weighted by Crippen LogP contribution is 2.38. The quantitative estimate of drug-likeness (QED) is 0.711. The predicted octanol–water partition coefficient (Wildman–Crippen LogP) is 3.69. The van der Waals surface area contributed by atoms with Crippen LogP contribution in [-0.4, -0.2) is 27.3 Å². The van der Waals surface area contributed by atoms with Crippen LogP contribution in [0.15, 0.2) is 24.4 Å². The number of pyridine rings is 1. The van der Waals surface area contributed by atoms with Gasteiger partial charge in [0.15, 0.2) is 5.65 Å². The van der Waals surface area contributed by atoms with Gasteiger partial charge in [0, 0.05) is 13.2 Å². The van der Waals surface area contributed by atoms with E-state index in [2.05, 4.69) is 15.4 Å². The van der Waals surface area contributed by atoms with Crippen LogP contribution in [0.1, 0.15) is 46.6 Å². The van der Waals surface area contributed by atoms with Gasteiger partial charge in [-0.1, -0.05) is 6.07 Å². The lowest BCUT2D eigenvalue weighted by molar-refractivity contribution is 0.0527. The molecule has 1 unspecified atom stereocenters. The smallest absolute Gasteiger partial charge is 0.341 e. The monoisotopic (exact) mass is 368 g/mol.